The molecule has 4 heteroatoms. The highest BCUT2D eigenvalue weighted by molar-refractivity contribution is 7.99. The number of hydrogen-bond donors (Lipinski definition) is 1. The molecule has 0 spiro atoms. The van der Waals surface area contributed by atoms with E-state index in [2.05, 4.69) is 11.4 Å². The van der Waals surface area contributed by atoms with Crippen LogP contribution in [0.25, 0.3) is 0 Å². The minimum atomic E-state index is -0.0294. The lowest BCUT2D eigenvalue weighted by atomic mass is 10.1. The number of carbonyl (C=O) groups is 1. The first kappa shape index (κ1) is 15.1. The van der Waals surface area contributed by atoms with Crippen molar-refractivity contribution in [3.05, 3.63) is 65.2 Å². The van der Waals surface area contributed by atoms with Crippen LogP contribution in [0.5, 0.6) is 0 Å². The Labute approximate surface area is 129 Å². The van der Waals surface area contributed by atoms with Gasteiger partial charge in [0.2, 0.25) is 5.91 Å². The molecule has 0 bridgehead atoms. The molecular formula is C17H16N2OS. The summed E-state index contributed by atoms with van der Waals surface area (Å²) >= 11 is 1.50. The van der Waals surface area contributed by atoms with E-state index in [9.17, 15) is 4.79 Å². The summed E-state index contributed by atoms with van der Waals surface area (Å²) in [6.07, 6.45) is 0. The van der Waals surface area contributed by atoms with Crippen molar-refractivity contribution in [1.82, 2.24) is 0 Å². The Kier molecular flexibility index (Phi) is 5.42. The summed E-state index contributed by atoms with van der Waals surface area (Å²) in [4.78, 5) is 11.8. The van der Waals surface area contributed by atoms with E-state index in [0.29, 0.717) is 17.1 Å². The fourth-order valence-corrected chi connectivity index (χ4v) is 2.67. The van der Waals surface area contributed by atoms with Crippen molar-refractivity contribution < 1.29 is 4.79 Å². The number of nitriles is 1. The maximum atomic E-state index is 11.8. The largest absolute Gasteiger partial charge is 0.325 e. The molecular weight excluding hydrogens is 280 g/mol. The van der Waals surface area contributed by atoms with E-state index in [-0.39, 0.29) is 5.91 Å². The van der Waals surface area contributed by atoms with Crippen LogP contribution in [-0.2, 0) is 10.5 Å². The molecule has 0 aliphatic carbocycles. The fourth-order valence-electron chi connectivity index (χ4n) is 1.84. The number of benzene rings is 2. The molecule has 0 aromatic heterocycles. The molecule has 0 saturated carbocycles. The zero-order valence-corrected chi connectivity index (χ0v) is 12.6. The van der Waals surface area contributed by atoms with Crippen molar-refractivity contribution in [2.75, 3.05) is 11.1 Å². The van der Waals surface area contributed by atoms with E-state index >= 15 is 0 Å². The summed E-state index contributed by atoms with van der Waals surface area (Å²) < 4.78 is 0. The maximum absolute atomic E-state index is 11.8. The molecule has 0 saturated heterocycles. The molecule has 0 aliphatic heterocycles. The number of thioether (sulfide) groups is 1. The number of nitrogens with one attached hydrogen (secondary N) is 1. The number of aryl methyl sites for hydroxylation is 1. The van der Waals surface area contributed by atoms with Gasteiger partial charge in [0.05, 0.1) is 17.4 Å². The van der Waals surface area contributed by atoms with Gasteiger partial charge in [-0.15, -0.1) is 11.8 Å². The van der Waals surface area contributed by atoms with Gasteiger partial charge >= 0.3 is 0 Å². The highest BCUT2D eigenvalue weighted by atomic mass is 32.2. The van der Waals surface area contributed by atoms with Gasteiger partial charge in [-0.2, -0.15) is 5.26 Å². The fraction of sp³-hybridized carbons (Fsp3) is 0.176. The van der Waals surface area contributed by atoms with Gasteiger partial charge in [-0.05, 0) is 30.7 Å². The summed E-state index contributed by atoms with van der Waals surface area (Å²) in [6.45, 7) is 2.01. The molecule has 2 rings (SSSR count). The SMILES string of the molecule is Cc1ccc(NC(=O)CSCc2ccccc2C#N)cc1. The summed E-state index contributed by atoms with van der Waals surface area (Å²) in [6, 6.07) is 17.3. The van der Waals surface area contributed by atoms with Crippen molar-refractivity contribution in [2.45, 2.75) is 12.7 Å². The highest BCUT2D eigenvalue weighted by Gasteiger charge is 2.05. The molecule has 21 heavy (non-hydrogen) atoms. The quantitative estimate of drug-likeness (QED) is 0.914. The first-order valence-electron chi connectivity index (χ1n) is 6.61. The second-order valence-corrected chi connectivity index (χ2v) is 5.66. The van der Waals surface area contributed by atoms with Gasteiger partial charge in [0.1, 0.15) is 0 Å². The summed E-state index contributed by atoms with van der Waals surface area (Å²) in [5.74, 6) is 0.997. The molecule has 1 N–H and O–H groups in total. The van der Waals surface area contributed by atoms with Crippen LogP contribution in [-0.4, -0.2) is 11.7 Å². The van der Waals surface area contributed by atoms with Gasteiger partial charge in [0, 0.05) is 11.4 Å². The number of rotatable bonds is 5. The maximum Gasteiger partial charge on any atom is 0.234 e. The number of hydrogen-bond acceptors (Lipinski definition) is 3. The molecule has 0 radical (unpaired) electrons. The van der Waals surface area contributed by atoms with Crippen molar-refractivity contribution in [2.24, 2.45) is 0 Å². The minimum absolute atomic E-state index is 0.0294. The molecule has 2 aromatic rings. The molecule has 0 atom stereocenters. The third-order valence-electron chi connectivity index (χ3n) is 2.96. The lowest BCUT2D eigenvalue weighted by molar-refractivity contribution is -0.113. The molecule has 3 nitrogen and oxygen atoms in total. The van der Waals surface area contributed by atoms with Crippen LogP contribution >= 0.6 is 11.8 Å². The number of carbonyl (C=O) groups excluding carboxylic acids is 1. The Morgan fingerprint density at radius 1 is 1.19 bits per heavy atom. The van der Waals surface area contributed by atoms with Crippen LogP contribution in [0.3, 0.4) is 0 Å². The third kappa shape index (κ3) is 4.66. The second-order valence-electron chi connectivity index (χ2n) is 4.68. The van der Waals surface area contributed by atoms with Crippen molar-refractivity contribution in [3.8, 4) is 6.07 Å². The normalized spacial score (nSPS) is 9.90. The van der Waals surface area contributed by atoms with E-state index in [1.807, 2.05) is 49.4 Å². The topological polar surface area (TPSA) is 52.9 Å². The minimum Gasteiger partial charge on any atom is -0.325 e. The average Bonchev–Trinajstić information content (AvgIpc) is 2.50. The summed E-state index contributed by atoms with van der Waals surface area (Å²) in [5, 5.41) is 11.9. The zero-order chi connectivity index (χ0) is 15.1. The first-order chi connectivity index (χ1) is 10.2. The molecule has 106 valence electrons. The van der Waals surface area contributed by atoms with Gasteiger partial charge in [-0.1, -0.05) is 35.9 Å². The van der Waals surface area contributed by atoms with Gasteiger partial charge in [-0.3, -0.25) is 4.79 Å². The molecule has 0 fully saturated rings. The zero-order valence-electron chi connectivity index (χ0n) is 11.8. The van der Waals surface area contributed by atoms with Gasteiger partial charge < -0.3 is 5.32 Å². The Bertz CT molecular complexity index is 659. The van der Waals surface area contributed by atoms with E-state index in [1.54, 1.807) is 6.07 Å². The molecule has 0 unspecified atom stereocenters. The van der Waals surface area contributed by atoms with E-state index < -0.39 is 0 Å². The summed E-state index contributed by atoms with van der Waals surface area (Å²) in [7, 11) is 0. The predicted molar refractivity (Wildman–Crippen MR) is 87.1 cm³/mol. The highest BCUT2D eigenvalue weighted by Crippen LogP contribution is 2.16. The monoisotopic (exact) mass is 296 g/mol. The second kappa shape index (κ2) is 7.51. The Morgan fingerprint density at radius 3 is 2.62 bits per heavy atom. The Balaban J connectivity index is 1.82. The van der Waals surface area contributed by atoms with Crippen molar-refractivity contribution in [3.63, 3.8) is 0 Å². The average molecular weight is 296 g/mol. The van der Waals surface area contributed by atoms with E-state index in [1.165, 1.54) is 11.8 Å². The molecule has 2 aromatic carbocycles. The molecule has 0 aliphatic rings. The van der Waals surface area contributed by atoms with Gasteiger partial charge in [0.25, 0.3) is 0 Å². The molecule has 0 heterocycles. The first-order valence-corrected chi connectivity index (χ1v) is 7.77. The van der Waals surface area contributed by atoms with E-state index in [0.717, 1.165) is 16.8 Å². The van der Waals surface area contributed by atoms with Crippen LogP contribution in [0.2, 0.25) is 0 Å². The smallest absolute Gasteiger partial charge is 0.234 e. The number of amides is 1. The van der Waals surface area contributed by atoms with Crippen molar-refractivity contribution in [1.29, 1.82) is 5.26 Å². The van der Waals surface area contributed by atoms with E-state index in [4.69, 9.17) is 5.26 Å². The lowest BCUT2D eigenvalue weighted by Gasteiger charge is -2.06. The van der Waals surface area contributed by atoms with Crippen LogP contribution in [0.1, 0.15) is 16.7 Å². The Hall–Kier alpha value is -2.25. The standard InChI is InChI=1S/C17H16N2OS/c1-13-6-8-16(9-7-13)19-17(20)12-21-11-15-5-3-2-4-14(15)10-18/h2-9H,11-12H2,1H3,(H,19,20). The lowest BCUT2D eigenvalue weighted by Crippen LogP contribution is -2.14. The number of anilines is 1. The number of nitrogens with zero attached hydrogens (tertiary/aromatic N) is 1. The molecule has 1 amide bonds. The van der Waals surface area contributed by atoms with Crippen LogP contribution in [0.15, 0.2) is 48.5 Å². The van der Waals surface area contributed by atoms with Crippen LogP contribution in [0.4, 0.5) is 5.69 Å². The third-order valence-corrected chi connectivity index (χ3v) is 3.95. The Morgan fingerprint density at radius 2 is 1.90 bits per heavy atom. The van der Waals surface area contributed by atoms with Crippen LogP contribution in [0, 0.1) is 18.3 Å². The van der Waals surface area contributed by atoms with Gasteiger partial charge in [0.15, 0.2) is 0 Å². The summed E-state index contributed by atoms with van der Waals surface area (Å²) in [5.41, 5.74) is 3.61. The van der Waals surface area contributed by atoms with Crippen LogP contribution < -0.4 is 5.32 Å². The van der Waals surface area contributed by atoms with Crippen molar-refractivity contribution >= 4 is 23.4 Å². The predicted octanol–water partition coefficient (Wildman–Crippen LogP) is 3.74. The van der Waals surface area contributed by atoms with Gasteiger partial charge in [-0.25, -0.2) is 0 Å².